The molecule has 1 saturated carbocycles. The molecule has 0 unspecified atom stereocenters. The van der Waals surface area contributed by atoms with Gasteiger partial charge in [-0.05, 0) is 42.7 Å². The fraction of sp³-hybridized carbons (Fsp3) is 0.250. The van der Waals surface area contributed by atoms with E-state index in [1.165, 1.54) is 12.1 Å². The summed E-state index contributed by atoms with van der Waals surface area (Å²) < 4.78 is 16.2. The Labute approximate surface area is 149 Å². The van der Waals surface area contributed by atoms with Crippen molar-refractivity contribution in [2.24, 2.45) is 0 Å². The maximum atomic E-state index is 14.2. The molecule has 1 amide bonds. The molecule has 0 radical (unpaired) electrons. The Hall–Kier alpha value is -3.20. The number of rotatable bonds is 2. The molecule has 0 spiro atoms. The Morgan fingerprint density at radius 2 is 2.08 bits per heavy atom. The summed E-state index contributed by atoms with van der Waals surface area (Å²) in [7, 11) is 0. The summed E-state index contributed by atoms with van der Waals surface area (Å²) in [6.45, 7) is 1.40. The SMILES string of the molecule is N#Cc1ccc(-c2c3n(c4cccnc24)CCN(C2CC2)C3=O)cc1[18F]. The Morgan fingerprint density at radius 3 is 2.81 bits per heavy atom. The first-order valence-electron chi connectivity index (χ1n) is 8.67. The molecule has 128 valence electrons. The molecular weight excluding hydrogens is 330 g/mol. The number of amides is 1. The van der Waals surface area contributed by atoms with Crippen LogP contribution in [0.5, 0.6) is 0 Å². The molecule has 1 aliphatic carbocycles. The van der Waals surface area contributed by atoms with Gasteiger partial charge in [0.05, 0.1) is 16.6 Å². The van der Waals surface area contributed by atoms with E-state index in [0.717, 1.165) is 18.4 Å². The summed E-state index contributed by atoms with van der Waals surface area (Å²) in [6, 6.07) is 10.4. The Bertz CT molecular complexity index is 1110. The van der Waals surface area contributed by atoms with E-state index in [2.05, 4.69) is 4.98 Å². The summed E-state index contributed by atoms with van der Waals surface area (Å²) in [6.07, 6.45) is 3.77. The number of benzene rings is 1. The van der Waals surface area contributed by atoms with Gasteiger partial charge in [-0.25, -0.2) is 4.39 Å². The lowest BCUT2D eigenvalue weighted by Crippen LogP contribution is -2.41. The molecule has 1 fully saturated rings. The summed E-state index contributed by atoms with van der Waals surface area (Å²) in [4.78, 5) is 19.6. The molecule has 5 rings (SSSR count). The van der Waals surface area contributed by atoms with Crippen LogP contribution >= 0.6 is 0 Å². The Balaban J connectivity index is 1.78. The summed E-state index contributed by atoms with van der Waals surface area (Å²) in [5.41, 5.74) is 3.36. The molecule has 0 atom stereocenters. The Kier molecular flexibility index (Phi) is 3.13. The second-order valence-electron chi connectivity index (χ2n) is 6.78. The summed E-state index contributed by atoms with van der Waals surface area (Å²) in [5, 5.41) is 8.98. The number of carbonyl (C=O) groups is 1. The summed E-state index contributed by atoms with van der Waals surface area (Å²) in [5.74, 6) is -0.604. The quantitative estimate of drug-likeness (QED) is 0.716. The normalized spacial score (nSPS) is 16.6. The fourth-order valence-electron chi connectivity index (χ4n) is 3.84. The average molecular weight is 345 g/mol. The van der Waals surface area contributed by atoms with E-state index in [4.69, 9.17) is 5.26 Å². The fourth-order valence-corrected chi connectivity index (χ4v) is 3.84. The third kappa shape index (κ3) is 2.07. The number of hydrogen-bond acceptors (Lipinski definition) is 3. The molecule has 1 aromatic carbocycles. The van der Waals surface area contributed by atoms with Crippen LogP contribution in [0, 0.1) is 17.1 Å². The molecule has 2 aliphatic rings. The monoisotopic (exact) mass is 345 g/mol. The third-order valence-corrected chi connectivity index (χ3v) is 5.21. The van der Waals surface area contributed by atoms with E-state index in [1.54, 1.807) is 12.3 Å². The number of nitrogens with zero attached hydrogens (tertiary/aromatic N) is 4. The van der Waals surface area contributed by atoms with Crippen LogP contribution in [0.1, 0.15) is 28.9 Å². The van der Waals surface area contributed by atoms with Crippen LogP contribution in [0.2, 0.25) is 0 Å². The van der Waals surface area contributed by atoms with Gasteiger partial charge < -0.3 is 9.47 Å². The van der Waals surface area contributed by atoms with Gasteiger partial charge in [0, 0.05) is 30.9 Å². The standard InChI is InChI=1S/C20H15FN4O/c21-15-10-12(3-4-13(15)11-22)17-18-16(2-1-7-23-18)25-9-8-24(14-5-6-14)20(26)19(17)25/h1-4,7,10,14H,5-6,8-9H2/i21-1. The highest BCUT2D eigenvalue weighted by atomic mass is 18.2. The van der Waals surface area contributed by atoms with E-state index < -0.39 is 5.82 Å². The van der Waals surface area contributed by atoms with Crippen LogP contribution in [0.4, 0.5) is 4.39 Å². The molecule has 3 aromatic rings. The Morgan fingerprint density at radius 1 is 1.23 bits per heavy atom. The van der Waals surface area contributed by atoms with E-state index in [9.17, 15) is 9.18 Å². The maximum Gasteiger partial charge on any atom is 0.271 e. The van der Waals surface area contributed by atoms with Gasteiger partial charge in [0.25, 0.3) is 5.91 Å². The van der Waals surface area contributed by atoms with Crippen LogP contribution in [0.15, 0.2) is 36.5 Å². The van der Waals surface area contributed by atoms with Crippen molar-refractivity contribution in [3.8, 4) is 17.2 Å². The molecule has 5 nitrogen and oxygen atoms in total. The first-order valence-corrected chi connectivity index (χ1v) is 8.67. The molecule has 2 aromatic heterocycles. The van der Waals surface area contributed by atoms with Crippen LogP contribution in [0.25, 0.3) is 22.2 Å². The number of aromatic nitrogens is 2. The number of hydrogen-bond donors (Lipinski definition) is 0. The van der Waals surface area contributed by atoms with Crippen LogP contribution in [-0.4, -0.2) is 32.9 Å². The zero-order chi connectivity index (χ0) is 17.8. The van der Waals surface area contributed by atoms with E-state index in [-0.39, 0.29) is 11.5 Å². The van der Waals surface area contributed by atoms with Crippen molar-refractivity contribution in [1.82, 2.24) is 14.5 Å². The highest BCUT2D eigenvalue weighted by molar-refractivity contribution is 6.09. The zero-order valence-corrected chi connectivity index (χ0v) is 13.9. The average Bonchev–Trinajstić information content (AvgIpc) is 3.43. The van der Waals surface area contributed by atoms with Crippen molar-refractivity contribution in [3.63, 3.8) is 0 Å². The maximum absolute atomic E-state index is 14.2. The van der Waals surface area contributed by atoms with Crippen molar-refractivity contribution in [3.05, 3.63) is 53.6 Å². The largest absolute Gasteiger partial charge is 0.333 e. The number of carbonyl (C=O) groups excluding carboxylic acids is 1. The van der Waals surface area contributed by atoms with Crippen molar-refractivity contribution < 1.29 is 9.18 Å². The van der Waals surface area contributed by atoms with Gasteiger partial charge in [-0.15, -0.1) is 0 Å². The molecule has 26 heavy (non-hydrogen) atoms. The predicted molar refractivity (Wildman–Crippen MR) is 93.9 cm³/mol. The van der Waals surface area contributed by atoms with E-state index >= 15 is 0 Å². The minimum Gasteiger partial charge on any atom is -0.333 e. The third-order valence-electron chi connectivity index (χ3n) is 5.21. The van der Waals surface area contributed by atoms with Crippen molar-refractivity contribution >= 4 is 16.9 Å². The second kappa shape index (κ2) is 5.40. The van der Waals surface area contributed by atoms with Crippen LogP contribution in [-0.2, 0) is 6.54 Å². The van der Waals surface area contributed by atoms with Crippen LogP contribution < -0.4 is 0 Å². The van der Waals surface area contributed by atoms with Gasteiger partial charge in [0.15, 0.2) is 0 Å². The lowest BCUT2D eigenvalue weighted by atomic mass is 10.0. The number of nitriles is 1. The lowest BCUT2D eigenvalue weighted by Gasteiger charge is -2.29. The number of halogens is 1. The van der Waals surface area contributed by atoms with E-state index in [0.29, 0.717) is 41.5 Å². The molecule has 3 heterocycles. The highest BCUT2D eigenvalue weighted by Gasteiger charge is 2.39. The molecule has 6 heteroatoms. The smallest absolute Gasteiger partial charge is 0.271 e. The van der Waals surface area contributed by atoms with E-state index in [1.807, 2.05) is 27.7 Å². The molecule has 1 aliphatic heterocycles. The van der Waals surface area contributed by atoms with Crippen molar-refractivity contribution in [2.45, 2.75) is 25.4 Å². The minimum absolute atomic E-state index is 0.00924. The second-order valence-corrected chi connectivity index (χ2v) is 6.78. The van der Waals surface area contributed by atoms with Gasteiger partial charge >= 0.3 is 0 Å². The zero-order valence-electron chi connectivity index (χ0n) is 13.9. The lowest BCUT2D eigenvalue weighted by molar-refractivity contribution is 0.0694. The topological polar surface area (TPSA) is 61.9 Å². The molecule has 0 bridgehead atoms. The van der Waals surface area contributed by atoms with Gasteiger partial charge in [0.1, 0.15) is 17.6 Å². The van der Waals surface area contributed by atoms with Crippen molar-refractivity contribution in [2.75, 3.05) is 6.54 Å². The van der Waals surface area contributed by atoms with Crippen LogP contribution in [0.3, 0.4) is 0 Å². The van der Waals surface area contributed by atoms with Gasteiger partial charge in [0.2, 0.25) is 0 Å². The summed E-state index contributed by atoms with van der Waals surface area (Å²) >= 11 is 0. The van der Waals surface area contributed by atoms with Crippen molar-refractivity contribution in [1.29, 1.82) is 5.26 Å². The number of pyridine rings is 1. The van der Waals surface area contributed by atoms with Gasteiger partial charge in [-0.2, -0.15) is 5.26 Å². The highest BCUT2D eigenvalue weighted by Crippen LogP contribution is 2.39. The minimum atomic E-state index is -0.587. The first kappa shape index (κ1) is 15.1. The van der Waals surface area contributed by atoms with Gasteiger partial charge in [-0.1, -0.05) is 6.07 Å². The molecule has 0 N–H and O–H groups in total. The van der Waals surface area contributed by atoms with Gasteiger partial charge in [-0.3, -0.25) is 9.78 Å². The molecule has 0 saturated heterocycles. The first-order chi connectivity index (χ1) is 12.7. The predicted octanol–water partition coefficient (Wildman–Crippen LogP) is 3.33. The number of fused-ring (bicyclic) bond motifs is 3. The molecular formula is C20H15FN4O.